The van der Waals surface area contributed by atoms with E-state index in [-0.39, 0.29) is 0 Å². The predicted molar refractivity (Wildman–Crippen MR) is 112 cm³/mol. The largest absolute Gasteiger partial charge is 0.351 e. The molecule has 0 radical (unpaired) electrons. The minimum Gasteiger partial charge on any atom is -0.351 e. The van der Waals surface area contributed by atoms with Gasteiger partial charge in [0.05, 0.1) is 12.0 Å². The molecule has 142 valence electrons. The molecule has 1 aromatic carbocycles. The van der Waals surface area contributed by atoms with Gasteiger partial charge in [-0.2, -0.15) is 0 Å². The van der Waals surface area contributed by atoms with Gasteiger partial charge in [0.25, 0.3) is 0 Å². The van der Waals surface area contributed by atoms with Crippen molar-refractivity contribution < 1.29 is 0 Å². The first-order valence-electron chi connectivity index (χ1n) is 9.96. The Morgan fingerprint density at radius 2 is 2.19 bits per heavy atom. The Labute approximate surface area is 166 Å². The minimum absolute atomic E-state index is 0.370. The molecule has 2 aliphatic rings. The summed E-state index contributed by atoms with van der Waals surface area (Å²) in [4.78, 5) is 12.1. The molecule has 4 nitrogen and oxygen atoms in total. The Kier molecular flexibility index (Phi) is 5.74. The van der Waals surface area contributed by atoms with Crippen LogP contribution in [0.5, 0.6) is 0 Å². The molecule has 4 rings (SSSR count). The third-order valence-corrected chi connectivity index (χ3v) is 5.98. The summed E-state index contributed by atoms with van der Waals surface area (Å²) in [5, 5.41) is 4.45. The topological polar surface area (TPSA) is 53.1 Å². The number of halogens is 1. The van der Waals surface area contributed by atoms with Gasteiger partial charge < -0.3 is 10.3 Å². The number of rotatable bonds is 7. The number of aliphatic imine (C=N–C) groups is 1. The molecule has 27 heavy (non-hydrogen) atoms. The fraction of sp³-hybridized carbons (Fsp3) is 0.455. The number of imidazole rings is 1. The molecule has 0 fully saturated rings. The van der Waals surface area contributed by atoms with Crippen LogP contribution in [0.15, 0.2) is 47.0 Å². The van der Waals surface area contributed by atoms with Crippen molar-refractivity contribution >= 4 is 17.8 Å². The highest BCUT2D eigenvalue weighted by Gasteiger charge is 2.30. The number of aromatic nitrogens is 2. The van der Waals surface area contributed by atoms with Crippen molar-refractivity contribution in [2.45, 2.75) is 44.9 Å². The van der Waals surface area contributed by atoms with Gasteiger partial charge >= 0.3 is 0 Å². The Hall–Kier alpha value is -1.91. The molecule has 1 aliphatic carbocycles. The van der Waals surface area contributed by atoms with E-state index in [9.17, 15) is 0 Å². The molecule has 0 saturated carbocycles. The molecular formula is C22H27ClN4. The van der Waals surface area contributed by atoms with Crippen molar-refractivity contribution in [1.82, 2.24) is 15.3 Å². The number of benzene rings is 1. The summed E-state index contributed by atoms with van der Waals surface area (Å²) in [6.07, 6.45) is 11.2. The minimum atomic E-state index is 0.370. The molecule has 0 saturated heterocycles. The fourth-order valence-electron chi connectivity index (χ4n) is 4.30. The van der Waals surface area contributed by atoms with Crippen LogP contribution in [0, 0.1) is 5.92 Å². The van der Waals surface area contributed by atoms with Gasteiger partial charge in [0, 0.05) is 35.0 Å². The average molecular weight is 383 g/mol. The number of aromatic amines is 1. The quantitative estimate of drug-likeness (QED) is 0.683. The van der Waals surface area contributed by atoms with E-state index in [2.05, 4.69) is 40.6 Å². The Morgan fingerprint density at radius 1 is 1.26 bits per heavy atom. The van der Waals surface area contributed by atoms with E-state index in [1.54, 1.807) is 6.33 Å². The first kappa shape index (κ1) is 18.5. The highest BCUT2D eigenvalue weighted by Crippen LogP contribution is 2.42. The van der Waals surface area contributed by atoms with Crippen LogP contribution in [0.25, 0.3) is 0 Å². The summed E-state index contributed by atoms with van der Waals surface area (Å²) in [7, 11) is 0. The van der Waals surface area contributed by atoms with Gasteiger partial charge in [0.1, 0.15) is 0 Å². The van der Waals surface area contributed by atoms with Crippen LogP contribution in [-0.2, 0) is 12.8 Å². The van der Waals surface area contributed by atoms with Crippen LogP contribution in [0.3, 0.4) is 0 Å². The molecule has 5 heteroatoms. The van der Waals surface area contributed by atoms with Gasteiger partial charge in [-0.15, -0.1) is 0 Å². The van der Waals surface area contributed by atoms with E-state index >= 15 is 0 Å². The zero-order valence-corrected chi connectivity index (χ0v) is 16.6. The van der Waals surface area contributed by atoms with Gasteiger partial charge in [-0.3, -0.25) is 4.99 Å². The molecule has 1 aliphatic heterocycles. The zero-order chi connectivity index (χ0) is 18.6. The van der Waals surface area contributed by atoms with Gasteiger partial charge in [-0.25, -0.2) is 4.98 Å². The standard InChI is InChI=1S/C22H27ClN4/c1-15-12-26-22-19(15)6-4-16-11-17(23)5-7-20(16)21(22)8-10-24-9-2-3-18-13-25-14-27-18/h5,7,11-15,21,24H,2-4,6,8-10H2,1H3,(H,25,27). The van der Waals surface area contributed by atoms with Gasteiger partial charge in [-0.05, 0) is 74.0 Å². The summed E-state index contributed by atoms with van der Waals surface area (Å²) in [6, 6.07) is 6.39. The van der Waals surface area contributed by atoms with Crippen LogP contribution in [0.4, 0.5) is 0 Å². The summed E-state index contributed by atoms with van der Waals surface area (Å²) >= 11 is 6.27. The van der Waals surface area contributed by atoms with Crippen LogP contribution in [0.2, 0.25) is 5.02 Å². The number of aryl methyl sites for hydroxylation is 2. The molecule has 0 spiro atoms. The number of hydrogen-bond donors (Lipinski definition) is 2. The Morgan fingerprint density at radius 3 is 3.04 bits per heavy atom. The normalized spacial score (nSPS) is 21.3. The summed E-state index contributed by atoms with van der Waals surface area (Å²) < 4.78 is 0. The first-order valence-corrected chi connectivity index (χ1v) is 10.3. The van der Waals surface area contributed by atoms with E-state index in [1.165, 1.54) is 22.4 Å². The molecule has 2 unspecified atom stereocenters. The highest BCUT2D eigenvalue weighted by atomic mass is 35.5. The highest BCUT2D eigenvalue weighted by molar-refractivity contribution is 6.30. The maximum absolute atomic E-state index is 6.27. The SMILES string of the molecule is CC1C=NC2=C1CCc1cc(Cl)ccc1C2CCNCCCc1c[nH]cn1. The number of hydrogen-bond acceptors (Lipinski definition) is 3. The van der Waals surface area contributed by atoms with Gasteiger partial charge in [0.15, 0.2) is 0 Å². The lowest BCUT2D eigenvalue weighted by Crippen LogP contribution is -2.20. The second-order valence-electron chi connectivity index (χ2n) is 7.58. The van der Waals surface area contributed by atoms with Crippen molar-refractivity contribution in [2.24, 2.45) is 10.9 Å². The maximum Gasteiger partial charge on any atom is 0.0923 e. The number of nitrogens with one attached hydrogen (secondary N) is 2. The molecule has 2 atom stereocenters. The van der Waals surface area contributed by atoms with Crippen LogP contribution in [-0.4, -0.2) is 29.3 Å². The van der Waals surface area contributed by atoms with E-state index in [0.29, 0.717) is 11.8 Å². The number of allylic oxidation sites excluding steroid dienone is 2. The third-order valence-electron chi connectivity index (χ3n) is 5.74. The monoisotopic (exact) mass is 382 g/mol. The molecular weight excluding hydrogens is 356 g/mol. The third kappa shape index (κ3) is 4.17. The predicted octanol–water partition coefficient (Wildman–Crippen LogP) is 4.68. The van der Waals surface area contributed by atoms with Gasteiger partial charge in [-0.1, -0.05) is 24.6 Å². The van der Waals surface area contributed by atoms with Crippen molar-refractivity contribution in [3.63, 3.8) is 0 Å². The molecule has 0 bridgehead atoms. The summed E-state index contributed by atoms with van der Waals surface area (Å²) in [6.45, 7) is 4.27. The van der Waals surface area contributed by atoms with E-state index in [1.807, 2.05) is 12.3 Å². The van der Waals surface area contributed by atoms with Crippen molar-refractivity contribution in [3.05, 3.63) is 63.8 Å². The number of H-pyrrole nitrogens is 1. The van der Waals surface area contributed by atoms with Crippen LogP contribution < -0.4 is 5.32 Å². The number of nitrogens with zero attached hydrogens (tertiary/aromatic N) is 2. The maximum atomic E-state index is 6.27. The number of fused-ring (bicyclic) bond motifs is 1. The second-order valence-corrected chi connectivity index (χ2v) is 8.01. The molecule has 1 aromatic heterocycles. The Bertz CT molecular complexity index is 838. The average Bonchev–Trinajstić information content (AvgIpc) is 3.27. The van der Waals surface area contributed by atoms with E-state index < -0.39 is 0 Å². The molecule has 0 amide bonds. The smallest absolute Gasteiger partial charge is 0.0923 e. The summed E-state index contributed by atoms with van der Waals surface area (Å²) in [5.74, 6) is 0.837. The fourth-order valence-corrected chi connectivity index (χ4v) is 4.50. The van der Waals surface area contributed by atoms with Crippen molar-refractivity contribution in [1.29, 1.82) is 0 Å². The lowest BCUT2D eigenvalue weighted by atomic mass is 9.88. The molecule has 2 heterocycles. The van der Waals surface area contributed by atoms with Crippen molar-refractivity contribution in [2.75, 3.05) is 13.1 Å². The molecule has 2 N–H and O–H groups in total. The van der Waals surface area contributed by atoms with Crippen molar-refractivity contribution in [3.8, 4) is 0 Å². The lowest BCUT2D eigenvalue weighted by molar-refractivity contribution is 0.586. The van der Waals surface area contributed by atoms with E-state index in [0.717, 1.165) is 55.9 Å². The van der Waals surface area contributed by atoms with E-state index in [4.69, 9.17) is 16.6 Å². The Balaban J connectivity index is 1.40. The lowest BCUT2D eigenvalue weighted by Gasteiger charge is -2.20. The van der Waals surface area contributed by atoms with Crippen LogP contribution in [0.1, 0.15) is 48.9 Å². The van der Waals surface area contributed by atoms with Gasteiger partial charge in [0.2, 0.25) is 0 Å². The van der Waals surface area contributed by atoms with Crippen LogP contribution >= 0.6 is 11.6 Å². The molecule has 2 aromatic rings. The summed E-state index contributed by atoms with van der Waals surface area (Å²) in [5.41, 5.74) is 6.76. The first-order chi connectivity index (χ1) is 13.2. The zero-order valence-electron chi connectivity index (χ0n) is 15.8. The second kappa shape index (κ2) is 8.41.